The van der Waals surface area contributed by atoms with E-state index in [-0.39, 0.29) is 29.3 Å². The second-order valence-electron chi connectivity index (χ2n) is 5.07. The molecule has 20 heavy (non-hydrogen) atoms. The van der Waals surface area contributed by atoms with Crippen molar-refractivity contribution in [2.75, 3.05) is 0 Å². The number of rotatable bonds is 3. The predicted octanol–water partition coefficient (Wildman–Crippen LogP) is 1.74. The lowest BCUT2D eigenvalue weighted by Crippen LogP contribution is -2.39. The zero-order valence-corrected chi connectivity index (χ0v) is 11.1. The minimum Gasteiger partial charge on any atom is -0.490 e. The molecule has 0 bridgehead atoms. The number of hydrogen-bond donors (Lipinski definition) is 2. The summed E-state index contributed by atoms with van der Waals surface area (Å²) < 4.78 is 5.55. The Morgan fingerprint density at radius 3 is 2.80 bits per heavy atom. The lowest BCUT2D eigenvalue weighted by molar-refractivity contribution is -0.385. The Morgan fingerprint density at radius 1 is 1.60 bits per heavy atom. The summed E-state index contributed by atoms with van der Waals surface area (Å²) in [5.74, 6) is -0.867. The molecule has 0 unspecified atom stereocenters. The van der Waals surface area contributed by atoms with E-state index >= 15 is 0 Å². The molecule has 0 amide bonds. The monoisotopic (exact) mass is 281 g/mol. The average molecular weight is 281 g/mol. The number of fused-ring (bicyclic) bond motifs is 1. The van der Waals surface area contributed by atoms with E-state index < -0.39 is 22.9 Å². The van der Waals surface area contributed by atoms with E-state index in [1.807, 2.05) is 0 Å². The van der Waals surface area contributed by atoms with Gasteiger partial charge in [-0.25, -0.2) is 0 Å². The molecule has 2 atom stereocenters. The molecule has 1 aromatic rings. The first-order chi connectivity index (χ1) is 9.24. The molecule has 0 aliphatic carbocycles. The zero-order chi connectivity index (χ0) is 15.1. The third kappa shape index (κ3) is 2.32. The van der Waals surface area contributed by atoms with Crippen LogP contribution in [0.25, 0.3) is 0 Å². The van der Waals surface area contributed by atoms with Gasteiger partial charge >= 0.3 is 5.97 Å². The van der Waals surface area contributed by atoms with Gasteiger partial charge in [-0.15, -0.1) is 0 Å². The molecular formula is C13H15NO6. The standard InChI is InChI=1S/C13H15NO6/c1-7-5-13(17,6-11(15)16)12-8(2)9(14(18)19)3-4-10(12)20-7/h3-4,7,17H,5-6H2,1-2H3,(H,15,16)/t7-,13-/m1/s1. The van der Waals surface area contributed by atoms with Crippen molar-refractivity contribution in [2.45, 2.75) is 38.4 Å². The number of nitro groups is 1. The molecule has 0 fully saturated rings. The van der Waals surface area contributed by atoms with Crippen molar-refractivity contribution in [3.8, 4) is 5.75 Å². The Kier molecular flexibility index (Phi) is 3.39. The van der Waals surface area contributed by atoms with Crippen LogP contribution in [-0.2, 0) is 10.4 Å². The van der Waals surface area contributed by atoms with Gasteiger partial charge < -0.3 is 14.9 Å². The topological polar surface area (TPSA) is 110 Å². The predicted molar refractivity (Wildman–Crippen MR) is 68.7 cm³/mol. The Hall–Kier alpha value is -2.15. The van der Waals surface area contributed by atoms with Gasteiger partial charge in [-0.05, 0) is 19.9 Å². The number of aliphatic hydroxyl groups is 1. The number of aliphatic carboxylic acids is 1. The molecule has 0 saturated heterocycles. The molecule has 1 heterocycles. The summed E-state index contributed by atoms with van der Waals surface area (Å²) in [4.78, 5) is 21.4. The van der Waals surface area contributed by atoms with Crippen LogP contribution in [0.2, 0.25) is 0 Å². The zero-order valence-electron chi connectivity index (χ0n) is 11.1. The molecule has 0 aromatic heterocycles. The highest BCUT2D eigenvalue weighted by Gasteiger charge is 2.43. The van der Waals surface area contributed by atoms with Gasteiger partial charge in [-0.2, -0.15) is 0 Å². The van der Waals surface area contributed by atoms with E-state index in [0.717, 1.165) is 0 Å². The molecule has 108 valence electrons. The molecule has 7 nitrogen and oxygen atoms in total. The van der Waals surface area contributed by atoms with Gasteiger partial charge in [0, 0.05) is 23.6 Å². The number of benzene rings is 1. The third-order valence-electron chi connectivity index (χ3n) is 3.46. The van der Waals surface area contributed by atoms with E-state index in [1.54, 1.807) is 6.92 Å². The fourth-order valence-corrected chi connectivity index (χ4v) is 2.80. The first-order valence-corrected chi connectivity index (χ1v) is 6.14. The Balaban J connectivity index is 2.64. The van der Waals surface area contributed by atoms with Crippen LogP contribution in [0.15, 0.2) is 12.1 Å². The van der Waals surface area contributed by atoms with Gasteiger partial charge in [-0.3, -0.25) is 14.9 Å². The summed E-state index contributed by atoms with van der Waals surface area (Å²) in [7, 11) is 0. The Labute approximate surface area is 114 Å². The number of hydrogen-bond acceptors (Lipinski definition) is 5. The highest BCUT2D eigenvalue weighted by Crippen LogP contribution is 2.45. The molecule has 1 aromatic carbocycles. The van der Waals surface area contributed by atoms with E-state index in [1.165, 1.54) is 19.1 Å². The number of carboxylic acid groups (broad SMARTS) is 1. The van der Waals surface area contributed by atoms with Crippen molar-refractivity contribution in [1.82, 2.24) is 0 Å². The molecule has 1 aliphatic heterocycles. The largest absolute Gasteiger partial charge is 0.490 e. The highest BCUT2D eigenvalue weighted by molar-refractivity contribution is 5.70. The van der Waals surface area contributed by atoms with Gasteiger partial charge in [0.1, 0.15) is 11.4 Å². The minimum absolute atomic E-state index is 0.0777. The Morgan fingerprint density at radius 2 is 2.25 bits per heavy atom. The summed E-state index contributed by atoms with van der Waals surface area (Å²) >= 11 is 0. The van der Waals surface area contributed by atoms with Crippen LogP contribution < -0.4 is 4.74 Å². The molecule has 2 N–H and O–H groups in total. The quantitative estimate of drug-likeness (QED) is 0.645. The first-order valence-electron chi connectivity index (χ1n) is 6.14. The second-order valence-corrected chi connectivity index (χ2v) is 5.07. The van der Waals surface area contributed by atoms with Crippen LogP contribution in [0.1, 0.15) is 30.9 Å². The van der Waals surface area contributed by atoms with Crippen LogP contribution in [0.4, 0.5) is 5.69 Å². The van der Waals surface area contributed by atoms with E-state index in [2.05, 4.69) is 0 Å². The summed E-state index contributed by atoms with van der Waals surface area (Å²) in [6, 6.07) is 2.70. The molecule has 2 rings (SSSR count). The van der Waals surface area contributed by atoms with E-state index in [9.17, 15) is 20.0 Å². The van der Waals surface area contributed by atoms with Crippen LogP contribution in [0, 0.1) is 17.0 Å². The molecular weight excluding hydrogens is 266 g/mol. The fraction of sp³-hybridized carbons (Fsp3) is 0.462. The lowest BCUT2D eigenvalue weighted by Gasteiger charge is -2.37. The highest BCUT2D eigenvalue weighted by atomic mass is 16.6. The summed E-state index contributed by atoms with van der Waals surface area (Å²) in [5, 5.41) is 30.6. The molecule has 7 heteroatoms. The second kappa shape index (κ2) is 4.75. The van der Waals surface area contributed by atoms with Crippen molar-refractivity contribution >= 4 is 11.7 Å². The summed E-state index contributed by atoms with van der Waals surface area (Å²) in [5.41, 5.74) is -1.38. The number of nitro benzene ring substituents is 1. The van der Waals surface area contributed by atoms with Crippen molar-refractivity contribution in [3.05, 3.63) is 33.4 Å². The molecule has 0 spiro atoms. The van der Waals surface area contributed by atoms with Gasteiger partial charge in [0.25, 0.3) is 5.69 Å². The first kappa shape index (κ1) is 14.3. The van der Waals surface area contributed by atoms with Gasteiger partial charge in [0.05, 0.1) is 17.4 Å². The molecule has 1 aliphatic rings. The molecule has 0 radical (unpaired) electrons. The fourth-order valence-electron chi connectivity index (χ4n) is 2.80. The van der Waals surface area contributed by atoms with Crippen LogP contribution in [-0.4, -0.2) is 27.2 Å². The number of ether oxygens (including phenoxy) is 1. The van der Waals surface area contributed by atoms with Crippen molar-refractivity contribution in [3.63, 3.8) is 0 Å². The van der Waals surface area contributed by atoms with Gasteiger partial charge in [0.2, 0.25) is 0 Å². The van der Waals surface area contributed by atoms with Gasteiger partial charge in [0.15, 0.2) is 0 Å². The lowest BCUT2D eigenvalue weighted by atomic mass is 9.80. The maximum Gasteiger partial charge on any atom is 0.306 e. The van der Waals surface area contributed by atoms with Crippen LogP contribution >= 0.6 is 0 Å². The van der Waals surface area contributed by atoms with Crippen LogP contribution in [0.3, 0.4) is 0 Å². The van der Waals surface area contributed by atoms with Gasteiger partial charge in [-0.1, -0.05) is 0 Å². The van der Waals surface area contributed by atoms with Crippen molar-refractivity contribution in [2.24, 2.45) is 0 Å². The number of nitrogens with zero attached hydrogens (tertiary/aromatic N) is 1. The summed E-state index contributed by atoms with van der Waals surface area (Å²) in [6.45, 7) is 3.20. The van der Waals surface area contributed by atoms with E-state index in [0.29, 0.717) is 5.75 Å². The maximum absolute atomic E-state index is 11.0. The minimum atomic E-state index is -1.66. The Bertz CT molecular complexity index is 584. The van der Waals surface area contributed by atoms with Crippen molar-refractivity contribution < 1.29 is 24.7 Å². The molecule has 0 saturated carbocycles. The normalized spacial score (nSPS) is 24.6. The average Bonchev–Trinajstić information content (AvgIpc) is 2.25. The number of carboxylic acids is 1. The maximum atomic E-state index is 11.0. The number of carbonyl (C=O) groups is 1. The van der Waals surface area contributed by atoms with E-state index in [4.69, 9.17) is 9.84 Å². The van der Waals surface area contributed by atoms with Crippen LogP contribution in [0.5, 0.6) is 5.75 Å². The summed E-state index contributed by atoms with van der Waals surface area (Å²) in [6.07, 6.45) is -0.808. The smallest absolute Gasteiger partial charge is 0.306 e. The SMILES string of the molecule is Cc1c([N+](=O)[O-])ccc2c1[C@](O)(CC(=O)O)C[C@@H](C)O2. The van der Waals surface area contributed by atoms with Crippen molar-refractivity contribution in [1.29, 1.82) is 0 Å². The third-order valence-corrected chi connectivity index (χ3v) is 3.46.